The van der Waals surface area contributed by atoms with Gasteiger partial charge < -0.3 is 5.32 Å². The van der Waals surface area contributed by atoms with Gasteiger partial charge in [-0.1, -0.05) is 27.2 Å². The fraction of sp³-hybridized carbons (Fsp3) is 1.00. The summed E-state index contributed by atoms with van der Waals surface area (Å²) >= 11 is 0. The molecule has 0 rings (SSSR count). The lowest BCUT2D eigenvalue weighted by atomic mass is 10.2. The van der Waals surface area contributed by atoms with Crippen molar-refractivity contribution in [1.29, 1.82) is 0 Å². The Kier molecular flexibility index (Phi) is 12.1. The number of hydrogen-bond acceptors (Lipinski definition) is 3. The van der Waals surface area contributed by atoms with Crippen molar-refractivity contribution in [2.24, 2.45) is 11.7 Å². The molecule has 0 radical (unpaired) electrons. The maximum absolute atomic E-state index is 4.00. The largest absolute Gasteiger partial charge is 0.312 e. The molecular weight excluding hydrogens is 138 g/mol. The van der Waals surface area contributed by atoms with E-state index in [-0.39, 0.29) is 0 Å². The Balaban J connectivity index is 0. The second-order valence-electron chi connectivity index (χ2n) is 3.01. The van der Waals surface area contributed by atoms with E-state index >= 15 is 0 Å². The van der Waals surface area contributed by atoms with Gasteiger partial charge in [-0.25, -0.2) is 0 Å². The van der Waals surface area contributed by atoms with Crippen LogP contribution in [-0.2, 0) is 0 Å². The van der Waals surface area contributed by atoms with Crippen LogP contribution in [-0.4, -0.2) is 12.1 Å². The number of nitrogens with one attached hydrogen (secondary N) is 1. The molecule has 5 N–H and O–H groups in total. The van der Waals surface area contributed by atoms with E-state index < -0.39 is 0 Å². The van der Waals surface area contributed by atoms with E-state index in [4.69, 9.17) is 0 Å². The zero-order chi connectivity index (χ0) is 9.28. The molecule has 11 heavy (non-hydrogen) atoms. The molecule has 0 heterocycles. The zero-order valence-electron chi connectivity index (χ0n) is 8.22. The van der Waals surface area contributed by atoms with Gasteiger partial charge in [0.05, 0.1) is 0 Å². The third kappa shape index (κ3) is 13.0. The minimum absolute atomic E-state index is 0.631. The zero-order valence-corrected chi connectivity index (χ0v) is 8.22. The highest BCUT2D eigenvalue weighted by molar-refractivity contribution is 4.61. The average molecular weight is 161 g/mol. The van der Waals surface area contributed by atoms with Gasteiger partial charge in [0.2, 0.25) is 0 Å². The van der Waals surface area contributed by atoms with E-state index in [1.165, 1.54) is 12.8 Å². The number of hydrogen-bond donors (Lipinski definition) is 3. The highest BCUT2D eigenvalue weighted by atomic mass is 15.0. The lowest BCUT2D eigenvalue weighted by Gasteiger charge is -2.15. The number of nitrogens with two attached hydrogens (primary N) is 2. The minimum Gasteiger partial charge on any atom is -0.312 e. The van der Waals surface area contributed by atoms with Gasteiger partial charge in [0.15, 0.2) is 0 Å². The summed E-state index contributed by atoms with van der Waals surface area (Å²) in [6.45, 7) is 8.83. The van der Waals surface area contributed by atoms with Crippen molar-refractivity contribution in [2.45, 2.75) is 52.6 Å². The van der Waals surface area contributed by atoms with Crippen molar-refractivity contribution >= 4 is 0 Å². The first kappa shape index (κ1) is 13.5. The molecule has 0 aromatic rings. The number of rotatable bonds is 4. The molecule has 3 nitrogen and oxygen atoms in total. The predicted octanol–water partition coefficient (Wildman–Crippen LogP) is 0.992. The van der Waals surface area contributed by atoms with E-state index in [0.717, 1.165) is 0 Å². The molecule has 0 saturated carbocycles. The lowest BCUT2D eigenvalue weighted by Crippen LogP contribution is -2.31. The summed E-state index contributed by atoms with van der Waals surface area (Å²) in [5, 5.41) is 3.44. The van der Waals surface area contributed by atoms with E-state index in [9.17, 15) is 0 Å². The molecule has 0 aliphatic rings. The van der Waals surface area contributed by atoms with Crippen molar-refractivity contribution in [2.75, 3.05) is 0 Å². The summed E-state index contributed by atoms with van der Waals surface area (Å²) in [5.41, 5.74) is 0. The number of hydrazine groups is 1. The van der Waals surface area contributed by atoms with Crippen LogP contribution in [0.4, 0.5) is 0 Å². The van der Waals surface area contributed by atoms with Crippen LogP contribution in [0.5, 0.6) is 0 Å². The Morgan fingerprint density at radius 2 is 1.64 bits per heavy atom. The summed E-state index contributed by atoms with van der Waals surface area (Å²) in [4.78, 5) is 0. The Morgan fingerprint density at radius 1 is 1.18 bits per heavy atom. The molecular formula is C8H23N3. The molecule has 0 fully saturated rings. The molecule has 3 heteroatoms. The van der Waals surface area contributed by atoms with Gasteiger partial charge in [-0.2, -0.15) is 0 Å². The van der Waals surface area contributed by atoms with Gasteiger partial charge in [0, 0.05) is 12.1 Å². The molecule has 1 atom stereocenters. The third-order valence-corrected chi connectivity index (χ3v) is 1.34. The molecule has 0 aromatic carbocycles. The summed E-state index contributed by atoms with van der Waals surface area (Å²) in [7, 11) is 0. The van der Waals surface area contributed by atoms with Gasteiger partial charge in [0.25, 0.3) is 0 Å². The van der Waals surface area contributed by atoms with E-state index in [2.05, 4.69) is 44.7 Å². The Labute approximate surface area is 70.5 Å². The third-order valence-electron chi connectivity index (χ3n) is 1.34. The second kappa shape index (κ2) is 9.88. The molecule has 0 amide bonds. The van der Waals surface area contributed by atoms with Crippen molar-refractivity contribution in [3.05, 3.63) is 0 Å². The predicted molar refractivity (Wildman–Crippen MR) is 51.0 cm³/mol. The summed E-state index contributed by atoms with van der Waals surface area (Å²) < 4.78 is 0. The SMILES string of the molecule is CCCC(C)NC(C)C.NN. The van der Waals surface area contributed by atoms with Crippen LogP contribution in [0.3, 0.4) is 0 Å². The van der Waals surface area contributed by atoms with Crippen molar-refractivity contribution in [3.63, 3.8) is 0 Å². The van der Waals surface area contributed by atoms with Crippen LogP contribution in [0.15, 0.2) is 0 Å². The molecule has 1 unspecified atom stereocenters. The Bertz CT molecular complexity index is 64.4. The standard InChI is InChI=1S/C8H19N.H4N2/c1-5-6-8(4)9-7(2)3;1-2/h7-9H,5-6H2,1-4H3;1-2H2. The van der Waals surface area contributed by atoms with E-state index in [1.54, 1.807) is 0 Å². The van der Waals surface area contributed by atoms with Crippen molar-refractivity contribution in [3.8, 4) is 0 Å². The maximum atomic E-state index is 4.00. The molecule has 0 aromatic heterocycles. The maximum Gasteiger partial charge on any atom is 0.00409 e. The summed E-state index contributed by atoms with van der Waals surface area (Å²) in [5.74, 6) is 8.00. The van der Waals surface area contributed by atoms with Gasteiger partial charge in [0.1, 0.15) is 0 Å². The van der Waals surface area contributed by atoms with Gasteiger partial charge >= 0.3 is 0 Å². The molecule has 0 aliphatic heterocycles. The van der Waals surface area contributed by atoms with E-state index in [0.29, 0.717) is 12.1 Å². The molecule has 70 valence electrons. The van der Waals surface area contributed by atoms with Crippen molar-refractivity contribution < 1.29 is 0 Å². The quantitative estimate of drug-likeness (QED) is 0.425. The second-order valence-corrected chi connectivity index (χ2v) is 3.01. The Hall–Kier alpha value is -0.120. The van der Waals surface area contributed by atoms with Gasteiger partial charge in [-0.15, -0.1) is 0 Å². The fourth-order valence-electron chi connectivity index (χ4n) is 1.09. The normalized spacial score (nSPS) is 12.3. The molecule has 0 saturated heterocycles. The monoisotopic (exact) mass is 161 g/mol. The van der Waals surface area contributed by atoms with Crippen LogP contribution < -0.4 is 17.0 Å². The highest BCUT2D eigenvalue weighted by Crippen LogP contribution is 1.95. The van der Waals surface area contributed by atoms with Gasteiger partial charge in [-0.3, -0.25) is 11.7 Å². The van der Waals surface area contributed by atoms with Gasteiger partial charge in [-0.05, 0) is 13.3 Å². The van der Waals surface area contributed by atoms with E-state index in [1.807, 2.05) is 0 Å². The smallest absolute Gasteiger partial charge is 0.00409 e. The van der Waals surface area contributed by atoms with Crippen LogP contribution in [0.25, 0.3) is 0 Å². The Morgan fingerprint density at radius 3 is 1.91 bits per heavy atom. The van der Waals surface area contributed by atoms with Crippen LogP contribution in [0.2, 0.25) is 0 Å². The van der Waals surface area contributed by atoms with Crippen LogP contribution in [0, 0.1) is 0 Å². The first-order valence-electron chi connectivity index (χ1n) is 4.26. The minimum atomic E-state index is 0.631. The van der Waals surface area contributed by atoms with Crippen LogP contribution >= 0.6 is 0 Å². The lowest BCUT2D eigenvalue weighted by molar-refractivity contribution is 0.462. The molecule has 0 aliphatic carbocycles. The van der Waals surface area contributed by atoms with Crippen LogP contribution in [0.1, 0.15) is 40.5 Å². The molecule has 0 spiro atoms. The fourth-order valence-corrected chi connectivity index (χ4v) is 1.09. The van der Waals surface area contributed by atoms with Crippen molar-refractivity contribution in [1.82, 2.24) is 5.32 Å². The molecule has 0 bridgehead atoms. The first-order valence-corrected chi connectivity index (χ1v) is 4.26. The highest BCUT2D eigenvalue weighted by Gasteiger charge is 1.99. The summed E-state index contributed by atoms with van der Waals surface area (Å²) in [6, 6.07) is 1.32. The first-order chi connectivity index (χ1) is 5.16. The topological polar surface area (TPSA) is 64.1 Å². The summed E-state index contributed by atoms with van der Waals surface area (Å²) in [6.07, 6.45) is 2.57. The average Bonchev–Trinajstić information content (AvgIpc) is 1.91.